The summed E-state index contributed by atoms with van der Waals surface area (Å²) in [5, 5.41) is 18.4. The molecule has 1 aliphatic carbocycles. The van der Waals surface area contributed by atoms with Gasteiger partial charge >= 0.3 is 0 Å². The highest BCUT2D eigenvalue weighted by molar-refractivity contribution is 7.98. The summed E-state index contributed by atoms with van der Waals surface area (Å²) in [5.41, 5.74) is 1.76. The first-order chi connectivity index (χ1) is 17.7. The molecule has 36 heavy (non-hydrogen) atoms. The second kappa shape index (κ2) is 11.0. The summed E-state index contributed by atoms with van der Waals surface area (Å²) in [6.45, 7) is 0. The van der Waals surface area contributed by atoms with Crippen LogP contribution in [0.5, 0.6) is 17.2 Å². The monoisotopic (exact) mass is 507 g/mol. The van der Waals surface area contributed by atoms with Crippen LogP contribution in [0.3, 0.4) is 0 Å². The average Bonchev–Trinajstić information content (AvgIpc) is 3.59. The number of rotatable bonds is 9. The number of benzene rings is 2. The SMILES string of the molecule is COc1cc(-c2nnc(SCc3nnc(-c4ccccc4)o3)n2C2CCCCC2)cc(OC)c1OC. The van der Waals surface area contributed by atoms with Crippen molar-refractivity contribution in [2.24, 2.45) is 0 Å². The van der Waals surface area contributed by atoms with Gasteiger partial charge in [0.25, 0.3) is 0 Å². The number of ether oxygens (including phenoxy) is 3. The van der Waals surface area contributed by atoms with E-state index >= 15 is 0 Å². The second-order valence-electron chi connectivity index (χ2n) is 8.54. The summed E-state index contributed by atoms with van der Waals surface area (Å²) in [6.07, 6.45) is 5.80. The van der Waals surface area contributed by atoms with Gasteiger partial charge in [-0.3, -0.25) is 4.57 Å². The van der Waals surface area contributed by atoms with Crippen molar-refractivity contribution < 1.29 is 18.6 Å². The minimum Gasteiger partial charge on any atom is -0.493 e. The number of aromatic nitrogens is 5. The van der Waals surface area contributed by atoms with Crippen molar-refractivity contribution in [2.75, 3.05) is 21.3 Å². The highest BCUT2D eigenvalue weighted by Gasteiger charge is 2.26. The largest absolute Gasteiger partial charge is 0.493 e. The first-order valence-electron chi connectivity index (χ1n) is 12.0. The molecule has 0 saturated heterocycles. The highest BCUT2D eigenvalue weighted by atomic mass is 32.2. The Morgan fingerprint density at radius 1 is 0.861 bits per heavy atom. The molecular weight excluding hydrogens is 478 g/mol. The van der Waals surface area contributed by atoms with Gasteiger partial charge in [-0.25, -0.2) is 0 Å². The number of hydrogen-bond donors (Lipinski definition) is 0. The lowest BCUT2D eigenvalue weighted by Gasteiger charge is -2.25. The van der Waals surface area contributed by atoms with Crippen LogP contribution in [0.4, 0.5) is 0 Å². The molecule has 0 amide bonds. The van der Waals surface area contributed by atoms with Crippen molar-refractivity contribution in [1.82, 2.24) is 25.0 Å². The van der Waals surface area contributed by atoms with E-state index in [2.05, 4.69) is 25.0 Å². The third kappa shape index (κ3) is 4.90. The van der Waals surface area contributed by atoms with E-state index in [1.54, 1.807) is 33.1 Å². The fourth-order valence-electron chi connectivity index (χ4n) is 4.59. The lowest BCUT2D eigenvalue weighted by Crippen LogP contribution is -2.15. The number of hydrogen-bond acceptors (Lipinski definition) is 9. The molecule has 0 atom stereocenters. The Bertz CT molecular complexity index is 1280. The van der Waals surface area contributed by atoms with Crippen molar-refractivity contribution in [3.63, 3.8) is 0 Å². The van der Waals surface area contributed by atoms with Crippen molar-refractivity contribution in [3.05, 3.63) is 48.4 Å². The van der Waals surface area contributed by atoms with Crippen LogP contribution in [-0.4, -0.2) is 46.3 Å². The summed E-state index contributed by atoms with van der Waals surface area (Å²) in [4.78, 5) is 0. The molecule has 1 fully saturated rings. The van der Waals surface area contributed by atoms with Crippen molar-refractivity contribution >= 4 is 11.8 Å². The Morgan fingerprint density at radius 3 is 2.25 bits per heavy atom. The molecule has 2 aromatic heterocycles. The first kappa shape index (κ1) is 24.2. The van der Waals surface area contributed by atoms with Gasteiger partial charge in [0.2, 0.25) is 17.5 Å². The van der Waals surface area contributed by atoms with Gasteiger partial charge in [0.1, 0.15) is 0 Å². The van der Waals surface area contributed by atoms with Crippen LogP contribution >= 0.6 is 11.8 Å². The quantitative estimate of drug-likeness (QED) is 0.260. The van der Waals surface area contributed by atoms with E-state index in [0.717, 1.165) is 34.9 Å². The van der Waals surface area contributed by atoms with E-state index in [1.807, 2.05) is 42.5 Å². The highest BCUT2D eigenvalue weighted by Crippen LogP contribution is 2.43. The minimum atomic E-state index is 0.313. The minimum absolute atomic E-state index is 0.313. The first-order valence-corrected chi connectivity index (χ1v) is 13.0. The van der Waals surface area contributed by atoms with Gasteiger partial charge in [0.15, 0.2) is 22.5 Å². The molecule has 10 heteroatoms. The molecule has 0 unspecified atom stereocenters. The van der Waals surface area contributed by atoms with Crippen LogP contribution in [0.2, 0.25) is 0 Å². The van der Waals surface area contributed by atoms with Gasteiger partial charge < -0.3 is 18.6 Å². The van der Waals surface area contributed by atoms with Crippen LogP contribution in [-0.2, 0) is 5.75 Å². The predicted octanol–water partition coefficient (Wildman–Crippen LogP) is 5.82. The van der Waals surface area contributed by atoms with E-state index in [4.69, 9.17) is 18.6 Å². The van der Waals surface area contributed by atoms with Gasteiger partial charge in [0, 0.05) is 17.2 Å². The summed E-state index contributed by atoms with van der Waals surface area (Å²) in [7, 11) is 4.82. The molecule has 0 N–H and O–H groups in total. The molecule has 9 nitrogen and oxygen atoms in total. The summed E-state index contributed by atoms with van der Waals surface area (Å²) in [5.74, 6) is 4.05. The Morgan fingerprint density at radius 2 is 1.58 bits per heavy atom. The summed E-state index contributed by atoms with van der Waals surface area (Å²) >= 11 is 1.55. The van der Waals surface area contributed by atoms with E-state index in [0.29, 0.717) is 40.8 Å². The number of thioether (sulfide) groups is 1. The predicted molar refractivity (Wildman–Crippen MR) is 137 cm³/mol. The molecule has 1 saturated carbocycles. The zero-order chi connectivity index (χ0) is 24.9. The third-order valence-corrected chi connectivity index (χ3v) is 7.27. The van der Waals surface area contributed by atoms with E-state index in [1.165, 1.54) is 19.3 Å². The summed E-state index contributed by atoms with van der Waals surface area (Å²) in [6, 6.07) is 13.9. The van der Waals surface area contributed by atoms with Gasteiger partial charge in [-0.2, -0.15) is 0 Å². The second-order valence-corrected chi connectivity index (χ2v) is 9.48. The van der Waals surface area contributed by atoms with Crippen LogP contribution in [0.1, 0.15) is 44.0 Å². The topological polar surface area (TPSA) is 97.3 Å². The van der Waals surface area contributed by atoms with Crippen LogP contribution < -0.4 is 14.2 Å². The molecule has 0 bridgehead atoms. The van der Waals surface area contributed by atoms with Crippen molar-refractivity contribution in [3.8, 4) is 40.1 Å². The van der Waals surface area contributed by atoms with E-state index in [-0.39, 0.29) is 0 Å². The van der Waals surface area contributed by atoms with Gasteiger partial charge in [0.05, 0.1) is 27.1 Å². The Kier molecular flexibility index (Phi) is 7.41. The normalized spacial score (nSPS) is 14.1. The molecule has 5 rings (SSSR count). The van der Waals surface area contributed by atoms with Gasteiger partial charge in [-0.15, -0.1) is 20.4 Å². The molecule has 188 valence electrons. The zero-order valence-electron chi connectivity index (χ0n) is 20.6. The van der Waals surface area contributed by atoms with Gasteiger partial charge in [-0.05, 0) is 37.1 Å². The molecule has 2 aromatic carbocycles. The Balaban J connectivity index is 1.46. The zero-order valence-corrected chi connectivity index (χ0v) is 21.5. The molecule has 2 heterocycles. The van der Waals surface area contributed by atoms with Gasteiger partial charge in [-0.1, -0.05) is 49.2 Å². The summed E-state index contributed by atoms with van der Waals surface area (Å²) < 4.78 is 24.8. The molecule has 1 aliphatic rings. The molecule has 0 radical (unpaired) electrons. The van der Waals surface area contributed by atoms with Crippen LogP contribution in [0, 0.1) is 0 Å². The van der Waals surface area contributed by atoms with Crippen LogP contribution in [0.15, 0.2) is 52.0 Å². The third-order valence-electron chi connectivity index (χ3n) is 6.34. The molecule has 4 aromatic rings. The van der Waals surface area contributed by atoms with E-state index in [9.17, 15) is 0 Å². The average molecular weight is 508 g/mol. The fourth-order valence-corrected chi connectivity index (χ4v) is 5.43. The molecular formula is C26H29N5O4S. The Labute approximate surface area is 214 Å². The maximum absolute atomic E-state index is 5.91. The molecule has 0 spiro atoms. The maximum Gasteiger partial charge on any atom is 0.247 e. The smallest absolute Gasteiger partial charge is 0.247 e. The Hall–Kier alpha value is -3.53. The fraction of sp³-hybridized carbons (Fsp3) is 0.385. The molecule has 0 aliphatic heterocycles. The lowest BCUT2D eigenvalue weighted by molar-refractivity contribution is 0.324. The van der Waals surface area contributed by atoms with Crippen molar-refractivity contribution in [1.29, 1.82) is 0 Å². The standard InChI is InChI=1S/C26H29N5O4S/c1-32-20-14-18(15-21(33-2)23(20)34-3)24-28-30-26(31(24)19-12-8-5-9-13-19)36-16-22-27-29-25(35-22)17-10-6-4-7-11-17/h4,6-7,10-11,14-15,19H,5,8-9,12-13,16H2,1-3H3. The number of methoxy groups -OCH3 is 3. The van der Waals surface area contributed by atoms with E-state index < -0.39 is 0 Å². The lowest BCUT2D eigenvalue weighted by atomic mass is 9.95. The van der Waals surface area contributed by atoms with Crippen LogP contribution in [0.25, 0.3) is 22.8 Å². The van der Waals surface area contributed by atoms with Crippen molar-refractivity contribution in [2.45, 2.75) is 49.1 Å². The maximum atomic E-state index is 5.91. The number of nitrogens with zero attached hydrogens (tertiary/aromatic N) is 5.